The lowest BCUT2D eigenvalue weighted by atomic mass is 9.85. The van der Waals surface area contributed by atoms with Crippen LogP contribution < -0.4 is 15.4 Å². The topological polar surface area (TPSA) is 117 Å². The largest absolute Gasteiger partial charge is 0.573 e. The number of alkyl halides is 3. The van der Waals surface area contributed by atoms with E-state index in [1.807, 2.05) is 13.8 Å². The van der Waals surface area contributed by atoms with Gasteiger partial charge in [0.1, 0.15) is 5.75 Å². The fraction of sp³-hybridized carbons (Fsp3) is 0.483. The van der Waals surface area contributed by atoms with Gasteiger partial charge >= 0.3 is 18.4 Å². The molecule has 41 heavy (non-hydrogen) atoms. The summed E-state index contributed by atoms with van der Waals surface area (Å²) >= 11 is 0. The fourth-order valence-electron chi connectivity index (χ4n) is 4.60. The van der Waals surface area contributed by atoms with Gasteiger partial charge in [-0.3, -0.25) is 9.59 Å². The van der Waals surface area contributed by atoms with E-state index in [0.29, 0.717) is 23.8 Å². The number of urea groups is 1. The lowest BCUT2D eigenvalue weighted by molar-refractivity contribution is -0.274. The van der Waals surface area contributed by atoms with Crippen LogP contribution in [-0.4, -0.2) is 59.6 Å². The molecule has 9 nitrogen and oxygen atoms in total. The summed E-state index contributed by atoms with van der Waals surface area (Å²) in [6, 6.07) is 11.2. The van der Waals surface area contributed by atoms with Gasteiger partial charge in [0.2, 0.25) is 0 Å². The third kappa shape index (κ3) is 10.9. The van der Waals surface area contributed by atoms with Gasteiger partial charge in [-0.15, -0.1) is 13.2 Å². The number of carboxylic acids is 1. The number of carbonyl (C=O) groups excluding carboxylic acids is 2. The molecule has 1 saturated carbocycles. The van der Waals surface area contributed by atoms with Crippen LogP contribution in [0.5, 0.6) is 5.75 Å². The summed E-state index contributed by atoms with van der Waals surface area (Å²) in [5, 5.41) is 14.1. The van der Waals surface area contributed by atoms with Gasteiger partial charge in [0.05, 0.1) is 12.5 Å². The number of benzene rings is 2. The average molecular weight is 580 g/mol. The van der Waals surface area contributed by atoms with Gasteiger partial charge in [0.15, 0.2) is 0 Å². The smallest absolute Gasteiger partial charge is 0.481 e. The molecule has 2 aromatic rings. The van der Waals surface area contributed by atoms with Gasteiger partial charge < -0.3 is 30.1 Å². The SMILES string of the molecule is CC(C)OCC1CCC(N(Cc2ccc(C(=O)NCCC(=O)O)cc2)C(=O)Nc2ccc(OC(F)(F)F)cc2)CC1. The summed E-state index contributed by atoms with van der Waals surface area (Å²) in [7, 11) is 0. The molecule has 3 amide bonds. The standard InChI is InChI=1S/C29H36F3N3O6/c1-19(2)40-18-21-5-11-24(12-6-21)35(28(39)34-23-9-13-25(14-10-23)41-29(30,31)32)17-20-3-7-22(8-4-20)27(38)33-16-15-26(36)37/h3-4,7-10,13-14,19,21,24H,5-6,11-12,15-18H2,1-2H3,(H,33,38)(H,34,39)(H,36,37). The van der Waals surface area contributed by atoms with Crippen LogP contribution in [0.15, 0.2) is 48.5 Å². The summed E-state index contributed by atoms with van der Waals surface area (Å²) in [5.74, 6) is -1.39. The van der Waals surface area contributed by atoms with Crippen molar-refractivity contribution in [3.05, 3.63) is 59.7 Å². The van der Waals surface area contributed by atoms with Crippen molar-refractivity contribution >= 4 is 23.6 Å². The predicted molar refractivity (Wildman–Crippen MR) is 146 cm³/mol. The molecule has 0 unspecified atom stereocenters. The third-order valence-corrected chi connectivity index (χ3v) is 6.72. The summed E-state index contributed by atoms with van der Waals surface area (Å²) < 4.78 is 47.1. The van der Waals surface area contributed by atoms with Crippen molar-refractivity contribution in [3.63, 3.8) is 0 Å². The van der Waals surface area contributed by atoms with Gasteiger partial charge in [-0.1, -0.05) is 12.1 Å². The van der Waals surface area contributed by atoms with E-state index in [4.69, 9.17) is 9.84 Å². The predicted octanol–water partition coefficient (Wildman–Crippen LogP) is 5.81. The van der Waals surface area contributed by atoms with Crippen molar-refractivity contribution in [1.29, 1.82) is 0 Å². The van der Waals surface area contributed by atoms with Crippen molar-refractivity contribution in [2.45, 2.75) is 71.0 Å². The second-order valence-electron chi connectivity index (χ2n) is 10.3. The molecule has 3 N–H and O–H groups in total. The molecule has 0 heterocycles. The first kappa shape index (κ1) is 31.7. The number of hydrogen-bond donors (Lipinski definition) is 3. The van der Waals surface area contributed by atoms with Gasteiger partial charge in [0, 0.05) is 37.0 Å². The molecule has 1 fully saturated rings. The normalized spacial score (nSPS) is 17.1. The molecule has 12 heteroatoms. The number of rotatable bonds is 12. The summed E-state index contributed by atoms with van der Waals surface area (Å²) in [6.45, 7) is 4.91. The number of halogens is 3. The van der Waals surface area contributed by atoms with Gasteiger partial charge in [-0.05, 0) is 87.4 Å². The number of carbonyl (C=O) groups is 3. The van der Waals surface area contributed by atoms with Crippen LogP contribution in [0.2, 0.25) is 0 Å². The Morgan fingerprint density at radius 2 is 1.63 bits per heavy atom. The zero-order valence-corrected chi connectivity index (χ0v) is 23.1. The van der Waals surface area contributed by atoms with Crippen LogP contribution in [0.25, 0.3) is 0 Å². The van der Waals surface area contributed by atoms with E-state index in [-0.39, 0.29) is 37.4 Å². The Kier molecular flexibility index (Phi) is 11.4. The average Bonchev–Trinajstić information content (AvgIpc) is 2.91. The highest BCUT2D eigenvalue weighted by molar-refractivity contribution is 5.94. The van der Waals surface area contributed by atoms with Crippen LogP contribution in [0.1, 0.15) is 61.9 Å². The van der Waals surface area contributed by atoms with Gasteiger partial charge in [0.25, 0.3) is 5.91 Å². The van der Waals surface area contributed by atoms with Crippen LogP contribution >= 0.6 is 0 Å². The maximum Gasteiger partial charge on any atom is 0.573 e. The molecular formula is C29H36F3N3O6. The van der Waals surface area contributed by atoms with Crippen molar-refractivity contribution in [2.24, 2.45) is 5.92 Å². The Labute approximate surface area is 237 Å². The van der Waals surface area contributed by atoms with E-state index in [1.165, 1.54) is 12.1 Å². The summed E-state index contributed by atoms with van der Waals surface area (Å²) in [4.78, 5) is 38.1. The lowest BCUT2D eigenvalue weighted by Crippen LogP contribution is -2.44. The zero-order chi connectivity index (χ0) is 30.0. The number of ether oxygens (including phenoxy) is 2. The molecule has 0 bridgehead atoms. The minimum Gasteiger partial charge on any atom is -0.481 e. The van der Waals surface area contributed by atoms with E-state index >= 15 is 0 Å². The third-order valence-electron chi connectivity index (χ3n) is 6.72. The Morgan fingerprint density at radius 3 is 2.20 bits per heavy atom. The van der Waals surface area contributed by atoms with E-state index in [0.717, 1.165) is 43.4 Å². The Hall–Kier alpha value is -3.80. The molecule has 0 spiro atoms. The van der Waals surface area contributed by atoms with Crippen molar-refractivity contribution in [3.8, 4) is 5.75 Å². The fourth-order valence-corrected chi connectivity index (χ4v) is 4.60. The first-order chi connectivity index (χ1) is 19.4. The Bertz CT molecular complexity index is 1150. The Morgan fingerprint density at radius 1 is 1.00 bits per heavy atom. The van der Waals surface area contributed by atoms with E-state index in [1.54, 1.807) is 29.2 Å². The van der Waals surface area contributed by atoms with Crippen LogP contribution in [0.3, 0.4) is 0 Å². The molecule has 0 aliphatic heterocycles. The zero-order valence-electron chi connectivity index (χ0n) is 23.1. The first-order valence-corrected chi connectivity index (χ1v) is 13.5. The molecule has 0 saturated heterocycles. The van der Waals surface area contributed by atoms with E-state index in [9.17, 15) is 27.6 Å². The van der Waals surface area contributed by atoms with Gasteiger partial charge in [-0.2, -0.15) is 0 Å². The van der Waals surface area contributed by atoms with Crippen LogP contribution in [0.4, 0.5) is 23.7 Å². The molecule has 0 atom stereocenters. The lowest BCUT2D eigenvalue weighted by Gasteiger charge is -2.37. The molecule has 1 aliphatic carbocycles. The highest BCUT2D eigenvalue weighted by Gasteiger charge is 2.31. The van der Waals surface area contributed by atoms with Crippen LogP contribution in [0, 0.1) is 5.92 Å². The minimum atomic E-state index is -4.81. The van der Waals surface area contributed by atoms with Crippen LogP contribution in [-0.2, 0) is 16.1 Å². The first-order valence-electron chi connectivity index (χ1n) is 13.5. The molecule has 0 radical (unpaired) electrons. The minimum absolute atomic E-state index is 0.0120. The number of anilines is 1. The molecule has 224 valence electrons. The second kappa shape index (κ2) is 14.7. The number of hydrogen-bond acceptors (Lipinski definition) is 5. The van der Waals surface area contributed by atoms with E-state index in [2.05, 4.69) is 15.4 Å². The highest BCUT2D eigenvalue weighted by atomic mass is 19.4. The second-order valence-corrected chi connectivity index (χ2v) is 10.3. The summed E-state index contributed by atoms with van der Waals surface area (Å²) in [6.07, 6.45) is -1.54. The Balaban J connectivity index is 1.69. The molecule has 1 aliphatic rings. The van der Waals surface area contributed by atoms with Crippen molar-refractivity contribution in [2.75, 3.05) is 18.5 Å². The highest BCUT2D eigenvalue weighted by Crippen LogP contribution is 2.30. The monoisotopic (exact) mass is 579 g/mol. The van der Waals surface area contributed by atoms with Gasteiger partial charge in [-0.25, -0.2) is 4.79 Å². The van der Waals surface area contributed by atoms with E-state index < -0.39 is 24.3 Å². The molecule has 0 aromatic heterocycles. The van der Waals surface area contributed by atoms with Crippen molar-refractivity contribution in [1.82, 2.24) is 10.2 Å². The summed E-state index contributed by atoms with van der Waals surface area (Å²) in [5.41, 5.74) is 1.46. The maximum absolute atomic E-state index is 13.4. The number of nitrogens with one attached hydrogen (secondary N) is 2. The number of amides is 3. The molecule has 2 aromatic carbocycles. The van der Waals surface area contributed by atoms with Crippen molar-refractivity contribution < 1.29 is 42.1 Å². The molecule has 3 rings (SSSR count). The number of aliphatic carboxylic acids is 1. The quantitative estimate of drug-likeness (QED) is 0.292. The molecular weight excluding hydrogens is 543 g/mol. The maximum atomic E-state index is 13.4. The number of carboxylic acid groups (broad SMARTS) is 1. The number of nitrogens with zero attached hydrogens (tertiary/aromatic N) is 1.